The third kappa shape index (κ3) is 7.86. The zero-order valence-electron chi connectivity index (χ0n) is 17.1. The van der Waals surface area contributed by atoms with Crippen LogP contribution in [0.2, 0.25) is 0 Å². The molecule has 0 aromatic carbocycles. The molecule has 1 aliphatic heterocycles. The van der Waals surface area contributed by atoms with Gasteiger partial charge in [0.25, 0.3) is 0 Å². The summed E-state index contributed by atoms with van der Waals surface area (Å²) in [7, 11) is 4.24. The Bertz CT molecular complexity index is 393. The smallest absolute Gasteiger partial charge is 0.191 e. The van der Waals surface area contributed by atoms with E-state index in [1.165, 1.54) is 32.1 Å². The van der Waals surface area contributed by atoms with Crippen LogP contribution >= 0.6 is 24.0 Å². The van der Waals surface area contributed by atoms with Crippen LogP contribution in [0.25, 0.3) is 0 Å². The molecule has 2 rings (SSSR count). The Kier molecular flexibility index (Phi) is 12.1. The van der Waals surface area contributed by atoms with E-state index in [4.69, 9.17) is 9.73 Å². The molecule has 0 aromatic rings. The van der Waals surface area contributed by atoms with Crippen molar-refractivity contribution >= 4 is 29.9 Å². The molecule has 1 saturated carbocycles. The fourth-order valence-electron chi connectivity index (χ4n) is 3.99. The molecule has 7 heteroatoms. The topological polar surface area (TPSA) is 52.1 Å². The Morgan fingerprint density at radius 2 is 1.81 bits per heavy atom. The predicted octanol–water partition coefficient (Wildman–Crippen LogP) is 2.15. The quantitative estimate of drug-likeness (QED) is 0.241. The molecule has 1 heterocycles. The molecule has 0 aromatic heterocycles. The average Bonchev–Trinajstić information content (AvgIpc) is 2.64. The number of nitrogens with one attached hydrogen (secondary N) is 2. The van der Waals surface area contributed by atoms with Crippen molar-refractivity contribution in [2.45, 2.75) is 51.0 Å². The Hall–Kier alpha value is -0.120. The minimum Gasteiger partial charge on any atom is -0.379 e. The van der Waals surface area contributed by atoms with E-state index in [0.717, 1.165) is 64.9 Å². The van der Waals surface area contributed by atoms with E-state index >= 15 is 0 Å². The molecular formula is C19H40IN5O. The van der Waals surface area contributed by atoms with E-state index in [0.29, 0.717) is 0 Å². The molecule has 2 fully saturated rings. The SMILES string of the molecule is CCNC(=NCC1(N2CCOCC2)CCCCC1)NCCCN(C)C.I. The normalized spacial score (nSPS) is 21.3. The molecule has 0 amide bonds. The van der Waals surface area contributed by atoms with Gasteiger partial charge in [-0.15, -0.1) is 24.0 Å². The zero-order chi connectivity index (χ0) is 18.0. The van der Waals surface area contributed by atoms with Crippen molar-refractivity contribution in [2.24, 2.45) is 4.99 Å². The first kappa shape index (κ1) is 23.9. The van der Waals surface area contributed by atoms with E-state index in [1.54, 1.807) is 0 Å². The third-order valence-electron chi connectivity index (χ3n) is 5.42. The van der Waals surface area contributed by atoms with E-state index in [2.05, 4.69) is 41.5 Å². The minimum absolute atomic E-state index is 0. The number of hydrogen-bond acceptors (Lipinski definition) is 4. The summed E-state index contributed by atoms with van der Waals surface area (Å²) in [4.78, 5) is 9.88. The lowest BCUT2D eigenvalue weighted by molar-refractivity contribution is -0.0333. The molecule has 26 heavy (non-hydrogen) atoms. The highest BCUT2D eigenvalue weighted by Crippen LogP contribution is 2.34. The van der Waals surface area contributed by atoms with E-state index < -0.39 is 0 Å². The van der Waals surface area contributed by atoms with Crippen LogP contribution in [0.5, 0.6) is 0 Å². The van der Waals surface area contributed by atoms with E-state index in [9.17, 15) is 0 Å². The maximum absolute atomic E-state index is 5.58. The van der Waals surface area contributed by atoms with Crippen LogP contribution in [0.1, 0.15) is 45.4 Å². The molecule has 2 aliphatic rings. The maximum atomic E-state index is 5.58. The van der Waals surface area contributed by atoms with Crippen LogP contribution in [-0.2, 0) is 4.74 Å². The van der Waals surface area contributed by atoms with Gasteiger partial charge in [-0.1, -0.05) is 19.3 Å². The van der Waals surface area contributed by atoms with Crippen LogP contribution in [0, 0.1) is 0 Å². The van der Waals surface area contributed by atoms with Gasteiger partial charge in [0.2, 0.25) is 0 Å². The molecule has 1 aliphatic carbocycles. The fraction of sp³-hybridized carbons (Fsp3) is 0.947. The van der Waals surface area contributed by atoms with Gasteiger partial charge in [0.15, 0.2) is 5.96 Å². The Morgan fingerprint density at radius 1 is 1.12 bits per heavy atom. The number of halogens is 1. The lowest BCUT2D eigenvalue weighted by atomic mass is 9.80. The standard InChI is InChI=1S/C19H39N5O.HI/c1-4-20-18(21-11-8-12-23(2)3)22-17-19(9-6-5-7-10-19)24-13-15-25-16-14-24;/h4-17H2,1-3H3,(H2,20,21,22);1H. The number of ether oxygens (including phenoxy) is 1. The van der Waals surface area contributed by atoms with Crippen molar-refractivity contribution in [2.75, 3.05) is 66.6 Å². The van der Waals surface area contributed by atoms with Crippen LogP contribution in [0.4, 0.5) is 0 Å². The highest BCUT2D eigenvalue weighted by atomic mass is 127. The van der Waals surface area contributed by atoms with Crippen LogP contribution in [-0.4, -0.2) is 87.9 Å². The Morgan fingerprint density at radius 3 is 2.42 bits per heavy atom. The van der Waals surface area contributed by atoms with Crippen LogP contribution in [0.15, 0.2) is 4.99 Å². The second kappa shape index (κ2) is 13.1. The lowest BCUT2D eigenvalue weighted by Crippen LogP contribution is -2.56. The number of rotatable bonds is 8. The van der Waals surface area contributed by atoms with Crippen molar-refractivity contribution in [3.8, 4) is 0 Å². The minimum atomic E-state index is 0. The number of aliphatic imine (C=N–C) groups is 1. The average molecular weight is 481 g/mol. The van der Waals surface area contributed by atoms with Gasteiger partial charge in [0.1, 0.15) is 0 Å². The summed E-state index contributed by atoms with van der Waals surface area (Å²) < 4.78 is 5.58. The van der Waals surface area contributed by atoms with Crippen molar-refractivity contribution in [3.05, 3.63) is 0 Å². The molecule has 0 spiro atoms. The Labute approximate surface area is 177 Å². The van der Waals surface area contributed by atoms with Crippen molar-refractivity contribution in [1.82, 2.24) is 20.4 Å². The number of nitrogens with zero attached hydrogens (tertiary/aromatic N) is 3. The van der Waals surface area contributed by atoms with Gasteiger partial charge in [0.05, 0.1) is 19.8 Å². The van der Waals surface area contributed by atoms with Crippen molar-refractivity contribution in [3.63, 3.8) is 0 Å². The summed E-state index contributed by atoms with van der Waals surface area (Å²) in [5.41, 5.74) is 0.244. The molecule has 0 radical (unpaired) electrons. The lowest BCUT2D eigenvalue weighted by Gasteiger charge is -2.47. The summed E-state index contributed by atoms with van der Waals surface area (Å²) >= 11 is 0. The Balaban J connectivity index is 0.00000338. The summed E-state index contributed by atoms with van der Waals surface area (Å²) in [6.45, 7) is 9.86. The van der Waals surface area contributed by atoms with Gasteiger partial charge in [-0.2, -0.15) is 0 Å². The van der Waals surface area contributed by atoms with Gasteiger partial charge in [0, 0.05) is 31.7 Å². The van der Waals surface area contributed by atoms with Crippen molar-refractivity contribution < 1.29 is 4.74 Å². The molecule has 0 atom stereocenters. The van der Waals surface area contributed by atoms with E-state index in [1.807, 2.05) is 0 Å². The zero-order valence-corrected chi connectivity index (χ0v) is 19.4. The second-order valence-electron chi connectivity index (χ2n) is 7.66. The molecule has 0 unspecified atom stereocenters. The number of hydrogen-bond donors (Lipinski definition) is 2. The summed E-state index contributed by atoms with van der Waals surface area (Å²) in [5.74, 6) is 0.972. The maximum Gasteiger partial charge on any atom is 0.191 e. The summed E-state index contributed by atoms with van der Waals surface area (Å²) in [6, 6.07) is 0. The predicted molar refractivity (Wildman–Crippen MR) is 121 cm³/mol. The molecule has 2 N–H and O–H groups in total. The number of guanidine groups is 1. The highest BCUT2D eigenvalue weighted by molar-refractivity contribution is 14.0. The third-order valence-corrected chi connectivity index (χ3v) is 5.42. The van der Waals surface area contributed by atoms with Gasteiger partial charge in [-0.25, -0.2) is 0 Å². The first-order valence-corrected chi connectivity index (χ1v) is 10.2. The highest BCUT2D eigenvalue weighted by Gasteiger charge is 2.38. The van der Waals surface area contributed by atoms with E-state index in [-0.39, 0.29) is 29.5 Å². The second-order valence-corrected chi connectivity index (χ2v) is 7.66. The summed E-state index contributed by atoms with van der Waals surface area (Å²) in [6.07, 6.45) is 7.72. The molecule has 6 nitrogen and oxygen atoms in total. The van der Waals surface area contributed by atoms with Gasteiger partial charge < -0.3 is 20.3 Å². The summed E-state index contributed by atoms with van der Waals surface area (Å²) in [5, 5.41) is 6.92. The first-order chi connectivity index (χ1) is 12.2. The van der Waals surface area contributed by atoms with Gasteiger partial charge >= 0.3 is 0 Å². The van der Waals surface area contributed by atoms with Crippen LogP contribution < -0.4 is 10.6 Å². The monoisotopic (exact) mass is 481 g/mol. The molecule has 1 saturated heterocycles. The molecule has 154 valence electrons. The van der Waals surface area contributed by atoms with Gasteiger partial charge in [-0.3, -0.25) is 9.89 Å². The largest absolute Gasteiger partial charge is 0.379 e. The molecular weight excluding hydrogens is 441 g/mol. The first-order valence-electron chi connectivity index (χ1n) is 10.2. The fourth-order valence-corrected chi connectivity index (χ4v) is 3.99. The van der Waals surface area contributed by atoms with Crippen LogP contribution in [0.3, 0.4) is 0 Å². The van der Waals surface area contributed by atoms with Gasteiger partial charge in [-0.05, 0) is 46.8 Å². The molecule has 0 bridgehead atoms. The number of morpholine rings is 1. The van der Waals surface area contributed by atoms with Crippen molar-refractivity contribution in [1.29, 1.82) is 0 Å².